The molecule has 19 heavy (non-hydrogen) atoms. The lowest BCUT2D eigenvalue weighted by molar-refractivity contribution is 0.0249. The normalized spacial score (nSPS) is 19.3. The summed E-state index contributed by atoms with van der Waals surface area (Å²) in [4.78, 5) is 25.0. The highest BCUT2D eigenvalue weighted by atomic mass is 16.6. The van der Waals surface area contributed by atoms with Gasteiger partial charge in [-0.25, -0.2) is 9.59 Å². The fourth-order valence-electron chi connectivity index (χ4n) is 1.93. The van der Waals surface area contributed by atoms with Crippen molar-refractivity contribution in [2.45, 2.75) is 18.9 Å². The average molecular weight is 265 g/mol. The van der Waals surface area contributed by atoms with Gasteiger partial charge >= 0.3 is 12.1 Å². The van der Waals surface area contributed by atoms with Crippen molar-refractivity contribution in [3.05, 3.63) is 18.0 Å². The molecule has 7 heteroatoms. The van der Waals surface area contributed by atoms with Crippen molar-refractivity contribution >= 4 is 12.1 Å². The van der Waals surface area contributed by atoms with Crippen molar-refractivity contribution in [1.82, 2.24) is 14.7 Å². The van der Waals surface area contributed by atoms with Crippen LogP contribution in [0.1, 0.15) is 29.2 Å². The highest BCUT2D eigenvalue weighted by Gasteiger charge is 2.26. The van der Waals surface area contributed by atoms with Crippen molar-refractivity contribution in [2.75, 3.05) is 26.3 Å². The Morgan fingerprint density at radius 1 is 1.32 bits per heavy atom. The van der Waals surface area contributed by atoms with Crippen LogP contribution in [-0.2, 0) is 9.47 Å². The number of carbonyl (C=O) groups is 2. The smallest absolute Gasteiger partial charge is 0.378 e. The number of aromatic nitrogens is 2. The van der Waals surface area contributed by atoms with E-state index in [0.29, 0.717) is 37.9 Å². The second-order valence-corrected chi connectivity index (χ2v) is 4.70. The SMILES string of the molecule is O=C(OC(=O)N1CCOCC1)c1cnn(C2CC2)c1. The molecule has 0 N–H and O–H groups in total. The molecule has 0 bridgehead atoms. The molecule has 2 fully saturated rings. The molecule has 3 rings (SSSR count). The van der Waals surface area contributed by atoms with E-state index in [1.165, 1.54) is 11.1 Å². The maximum atomic E-state index is 11.8. The van der Waals surface area contributed by atoms with Crippen LogP contribution in [0.25, 0.3) is 0 Å². The average Bonchev–Trinajstić information content (AvgIpc) is 3.17. The molecular weight excluding hydrogens is 250 g/mol. The van der Waals surface area contributed by atoms with Gasteiger partial charge in [0.1, 0.15) is 0 Å². The topological polar surface area (TPSA) is 73.7 Å². The minimum absolute atomic E-state index is 0.313. The number of ether oxygens (including phenoxy) is 2. The molecule has 2 heterocycles. The summed E-state index contributed by atoms with van der Waals surface area (Å²) in [7, 11) is 0. The lowest BCUT2D eigenvalue weighted by Crippen LogP contribution is -2.41. The highest BCUT2D eigenvalue weighted by Crippen LogP contribution is 2.34. The van der Waals surface area contributed by atoms with Gasteiger partial charge in [0, 0.05) is 19.3 Å². The zero-order chi connectivity index (χ0) is 13.2. The summed E-state index contributed by atoms with van der Waals surface area (Å²) in [5, 5.41) is 4.09. The van der Waals surface area contributed by atoms with Crippen LogP contribution in [0.4, 0.5) is 4.79 Å². The number of amides is 1. The van der Waals surface area contributed by atoms with Gasteiger partial charge < -0.3 is 14.4 Å². The summed E-state index contributed by atoms with van der Waals surface area (Å²) >= 11 is 0. The Hall–Kier alpha value is -1.89. The lowest BCUT2D eigenvalue weighted by atomic mass is 10.4. The number of esters is 1. The summed E-state index contributed by atoms with van der Waals surface area (Å²) in [5.41, 5.74) is 0.313. The van der Waals surface area contributed by atoms with Gasteiger partial charge in [-0.1, -0.05) is 0 Å². The Bertz CT molecular complexity index is 489. The van der Waals surface area contributed by atoms with Gasteiger partial charge in [0.05, 0.1) is 31.0 Å². The predicted octanol–water partition coefficient (Wildman–Crippen LogP) is 0.827. The molecule has 2 aliphatic rings. The van der Waals surface area contributed by atoms with Crippen LogP contribution in [0.2, 0.25) is 0 Å². The molecule has 0 radical (unpaired) electrons. The third kappa shape index (κ3) is 2.76. The van der Waals surface area contributed by atoms with Gasteiger partial charge in [0.15, 0.2) is 0 Å². The van der Waals surface area contributed by atoms with Gasteiger partial charge in [-0.3, -0.25) is 4.68 Å². The Morgan fingerprint density at radius 2 is 2.05 bits per heavy atom. The summed E-state index contributed by atoms with van der Waals surface area (Å²) < 4.78 is 11.7. The van der Waals surface area contributed by atoms with Crippen molar-refractivity contribution in [1.29, 1.82) is 0 Å². The van der Waals surface area contributed by atoms with Crippen LogP contribution in [0.15, 0.2) is 12.4 Å². The standard InChI is InChI=1S/C12H15N3O4/c16-11(9-7-13-15(8-9)10-1-2-10)19-12(17)14-3-5-18-6-4-14/h7-8,10H,1-6H2. The van der Waals surface area contributed by atoms with Crippen molar-refractivity contribution in [3.63, 3.8) is 0 Å². The van der Waals surface area contributed by atoms with Crippen LogP contribution >= 0.6 is 0 Å². The minimum atomic E-state index is -0.650. The first-order valence-corrected chi connectivity index (χ1v) is 6.37. The van der Waals surface area contributed by atoms with E-state index in [9.17, 15) is 9.59 Å². The quantitative estimate of drug-likeness (QED) is 0.585. The fraction of sp³-hybridized carbons (Fsp3) is 0.583. The first kappa shape index (κ1) is 12.2. The number of carbonyl (C=O) groups excluding carboxylic acids is 2. The van der Waals surface area contributed by atoms with E-state index in [1.807, 2.05) is 0 Å². The third-order valence-corrected chi connectivity index (χ3v) is 3.21. The van der Waals surface area contributed by atoms with Crippen LogP contribution in [0, 0.1) is 0 Å². The maximum Gasteiger partial charge on any atom is 0.417 e. The molecular formula is C12H15N3O4. The summed E-state index contributed by atoms with van der Waals surface area (Å²) in [6.45, 7) is 1.85. The number of hydrogen-bond donors (Lipinski definition) is 0. The Balaban J connectivity index is 1.58. The van der Waals surface area contributed by atoms with Crippen LogP contribution < -0.4 is 0 Å². The van der Waals surface area contributed by atoms with Crippen LogP contribution in [0.5, 0.6) is 0 Å². The van der Waals surface area contributed by atoms with E-state index in [4.69, 9.17) is 9.47 Å². The third-order valence-electron chi connectivity index (χ3n) is 3.21. The van der Waals surface area contributed by atoms with E-state index < -0.39 is 12.1 Å². The Labute approximate surface area is 110 Å². The molecule has 7 nitrogen and oxygen atoms in total. The second kappa shape index (κ2) is 5.00. The van der Waals surface area contributed by atoms with Crippen LogP contribution in [-0.4, -0.2) is 53.0 Å². The molecule has 1 aromatic heterocycles. The van der Waals surface area contributed by atoms with E-state index in [-0.39, 0.29) is 0 Å². The number of morpholine rings is 1. The molecule has 102 valence electrons. The minimum Gasteiger partial charge on any atom is -0.378 e. The molecule has 1 saturated heterocycles. The number of hydrogen-bond acceptors (Lipinski definition) is 5. The Kier molecular flexibility index (Phi) is 3.20. The molecule has 1 amide bonds. The molecule has 0 atom stereocenters. The number of nitrogens with zero attached hydrogens (tertiary/aromatic N) is 3. The fourth-order valence-corrected chi connectivity index (χ4v) is 1.93. The van der Waals surface area contributed by atoms with Crippen molar-refractivity contribution in [2.24, 2.45) is 0 Å². The zero-order valence-electron chi connectivity index (χ0n) is 10.4. The molecule has 0 spiro atoms. The van der Waals surface area contributed by atoms with Gasteiger partial charge in [-0.15, -0.1) is 0 Å². The first-order valence-electron chi connectivity index (χ1n) is 6.37. The Morgan fingerprint density at radius 3 is 2.74 bits per heavy atom. The van der Waals surface area contributed by atoms with Gasteiger partial charge in [0.2, 0.25) is 0 Å². The van der Waals surface area contributed by atoms with E-state index >= 15 is 0 Å². The van der Waals surface area contributed by atoms with E-state index in [0.717, 1.165) is 12.8 Å². The molecule has 1 aliphatic heterocycles. The zero-order valence-corrected chi connectivity index (χ0v) is 10.4. The maximum absolute atomic E-state index is 11.8. The summed E-state index contributed by atoms with van der Waals surface area (Å²) in [5.74, 6) is -0.650. The molecule has 0 unspecified atom stereocenters. The first-order chi connectivity index (χ1) is 9.24. The van der Waals surface area contributed by atoms with Crippen LogP contribution in [0.3, 0.4) is 0 Å². The summed E-state index contributed by atoms with van der Waals surface area (Å²) in [6, 6.07) is 0.400. The molecule has 0 aromatic carbocycles. The van der Waals surface area contributed by atoms with Crippen molar-refractivity contribution in [3.8, 4) is 0 Å². The molecule has 1 aromatic rings. The lowest BCUT2D eigenvalue weighted by Gasteiger charge is -2.25. The largest absolute Gasteiger partial charge is 0.417 e. The second-order valence-electron chi connectivity index (χ2n) is 4.70. The van der Waals surface area contributed by atoms with Crippen molar-refractivity contribution < 1.29 is 19.1 Å². The van der Waals surface area contributed by atoms with E-state index in [2.05, 4.69) is 5.10 Å². The molecule has 1 aliphatic carbocycles. The molecule has 1 saturated carbocycles. The van der Waals surface area contributed by atoms with Gasteiger partial charge in [-0.05, 0) is 12.8 Å². The van der Waals surface area contributed by atoms with E-state index in [1.54, 1.807) is 10.9 Å². The number of rotatable bonds is 2. The predicted molar refractivity (Wildman–Crippen MR) is 63.7 cm³/mol. The summed E-state index contributed by atoms with van der Waals surface area (Å²) in [6.07, 6.45) is 4.62. The van der Waals surface area contributed by atoms with Gasteiger partial charge in [0.25, 0.3) is 0 Å². The van der Waals surface area contributed by atoms with Gasteiger partial charge in [-0.2, -0.15) is 5.10 Å². The highest BCUT2D eigenvalue weighted by molar-refractivity contribution is 5.96. The monoisotopic (exact) mass is 265 g/mol.